The number of hydrogen-bond acceptors (Lipinski definition) is 4. The van der Waals surface area contributed by atoms with Crippen LogP contribution in [0.3, 0.4) is 0 Å². The fraction of sp³-hybridized carbons (Fsp3) is 0.154. The van der Waals surface area contributed by atoms with Gasteiger partial charge in [0.25, 0.3) is 0 Å². The van der Waals surface area contributed by atoms with Crippen molar-refractivity contribution < 1.29 is 9.59 Å². The van der Waals surface area contributed by atoms with E-state index in [1.807, 2.05) is 61.7 Å². The normalized spacial score (nSPS) is 10.8. The van der Waals surface area contributed by atoms with Crippen LogP contribution in [0.4, 0.5) is 0 Å². The van der Waals surface area contributed by atoms with Crippen molar-refractivity contribution in [2.45, 2.75) is 26.2 Å². The average molecular weight is 444 g/mol. The summed E-state index contributed by atoms with van der Waals surface area (Å²) in [5.41, 5.74) is 4.80. The number of halogens is 1. The van der Waals surface area contributed by atoms with Crippen LogP contribution >= 0.6 is 11.6 Å². The molecule has 0 N–H and O–H groups in total. The van der Waals surface area contributed by atoms with Gasteiger partial charge in [-0.05, 0) is 47.9 Å². The molecule has 4 rings (SSSR count). The van der Waals surface area contributed by atoms with Crippen LogP contribution in [0, 0.1) is 6.92 Å². The highest BCUT2D eigenvalue weighted by molar-refractivity contribution is 6.31. The smallest absolute Gasteiger partial charge is 0.167 e. The quantitative estimate of drug-likeness (QED) is 0.359. The molecular formula is C26H22ClN3O2. The highest BCUT2D eigenvalue weighted by atomic mass is 35.5. The third kappa shape index (κ3) is 5.37. The molecule has 0 saturated heterocycles. The lowest BCUT2D eigenvalue weighted by molar-refractivity contribution is -0.117. The molecule has 0 spiro atoms. The maximum absolute atomic E-state index is 12.7. The number of ketones is 2. The SMILES string of the molecule is Cc1ccc(CC(=O)c2cccc(-n3cc(CC(=O)Cc4ccccc4Cl)cn3)c2)cn1. The number of pyridine rings is 1. The number of nitrogens with zero attached hydrogens (tertiary/aromatic N) is 3. The highest BCUT2D eigenvalue weighted by Gasteiger charge is 2.12. The van der Waals surface area contributed by atoms with Crippen LogP contribution < -0.4 is 0 Å². The Morgan fingerprint density at radius 3 is 2.53 bits per heavy atom. The maximum atomic E-state index is 12.7. The van der Waals surface area contributed by atoms with Gasteiger partial charge in [-0.2, -0.15) is 5.10 Å². The summed E-state index contributed by atoms with van der Waals surface area (Å²) in [6, 6.07) is 18.5. The number of benzene rings is 2. The van der Waals surface area contributed by atoms with E-state index in [2.05, 4.69) is 10.1 Å². The Morgan fingerprint density at radius 1 is 0.906 bits per heavy atom. The second-order valence-corrected chi connectivity index (χ2v) is 8.14. The first-order chi connectivity index (χ1) is 15.5. The first-order valence-electron chi connectivity index (χ1n) is 10.3. The summed E-state index contributed by atoms with van der Waals surface area (Å²) < 4.78 is 1.68. The Labute approximate surface area is 191 Å². The lowest BCUT2D eigenvalue weighted by atomic mass is 10.0. The van der Waals surface area contributed by atoms with Gasteiger partial charge >= 0.3 is 0 Å². The molecule has 0 aliphatic heterocycles. The minimum atomic E-state index is 0.0137. The Hall–Kier alpha value is -3.57. The van der Waals surface area contributed by atoms with Gasteiger partial charge in [0.05, 0.1) is 11.9 Å². The van der Waals surface area contributed by atoms with Crippen LogP contribution in [0.2, 0.25) is 5.02 Å². The van der Waals surface area contributed by atoms with E-state index >= 15 is 0 Å². The molecular weight excluding hydrogens is 422 g/mol. The second kappa shape index (κ2) is 9.71. The molecule has 0 aliphatic carbocycles. The van der Waals surface area contributed by atoms with Gasteiger partial charge in [-0.25, -0.2) is 4.68 Å². The number of carbonyl (C=O) groups is 2. The van der Waals surface area contributed by atoms with Gasteiger partial charge in [-0.1, -0.05) is 48.0 Å². The van der Waals surface area contributed by atoms with Crippen molar-refractivity contribution in [1.29, 1.82) is 0 Å². The van der Waals surface area contributed by atoms with Gasteiger partial charge in [-0.3, -0.25) is 14.6 Å². The minimum Gasteiger partial charge on any atom is -0.299 e. The molecule has 160 valence electrons. The van der Waals surface area contributed by atoms with Crippen LogP contribution in [0.15, 0.2) is 79.3 Å². The van der Waals surface area contributed by atoms with E-state index in [1.165, 1.54) is 0 Å². The van der Waals surface area contributed by atoms with Crippen molar-refractivity contribution in [2.75, 3.05) is 0 Å². The average Bonchev–Trinajstić information content (AvgIpc) is 3.25. The van der Waals surface area contributed by atoms with Gasteiger partial charge in [0.1, 0.15) is 5.78 Å². The van der Waals surface area contributed by atoms with E-state index in [1.54, 1.807) is 29.2 Å². The number of aryl methyl sites for hydroxylation is 1. The van der Waals surface area contributed by atoms with Gasteiger partial charge in [0.2, 0.25) is 0 Å². The van der Waals surface area contributed by atoms with Crippen molar-refractivity contribution >= 4 is 23.2 Å². The molecule has 2 aromatic heterocycles. The van der Waals surface area contributed by atoms with Crippen LogP contribution in [-0.2, 0) is 24.1 Å². The molecule has 0 amide bonds. The first-order valence-corrected chi connectivity index (χ1v) is 10.7. The standard InChI is InChI=1S/C26H22ClN3O2/c1-18-9-10-19(15-28-18)12-26(32)22-6-4-7-23(13-22)30-17-20(16-29-30)11-24(31)14-21-5-2-3-8-25(21)27/h2-10,13,15-17H,11-12,14H2,1H3. The third-order valence-corrected chi connectivity index (χ3v) is 5.52. The summed E-state index contributed by atoms with van der Waals surface area (Å²) in [5.74, 6) is 0.0769. The van der Waals surface area contributed by atoms with Crippen molar-refractivity contribution in [1.82, 2.24) is 14.8 Å². The fourth-order valence-electron chi connectivity index (χ4n) is 3.45. The maximum Gasteiger partial charge on any atom is 0.167 e. The summed E-state index contributed by atoms with van der Waals surface area (Å²) in [4.78, 5) is 29.4. The number of rotatable bonds is 8. The number of aromatic nitrogens is 3. The van der Waals surface area contributed by atoms with E-state index in [0.717, 1.165) is 28.1 Å². The summed E-state index contributed by atoms with van der Waals surface area (Å²) in [7, 11) is 0. The molecule has 2 heterocycles. The largest absolute Gasteiger partial charge is 0.299 e. The Balaban J connectivity index is 1.43. The third-order valence-electron chi connectivity index (χ3n) is 5.15. The second-order valence-electron chi connectivity index (χ2n) is 7.73. The van der Waals surface area contributed by atoms with E-state index in [9.17, 15) is 9.59 Å². The highest BCUT2D eigenvalue weighted by Crippen LogP contribution is 2.17. The van der Waals surface area contributed by atoms with Crippen LogP contribution in [-0.4, -0.2) is 26.3 Å². The fourth-order valence-corrected chi connectivity index (χ4v) is 3.65. The zero-order valence-electron chi connectivity index (χ0n) is 17.7. The van der Waals surface area contributed by atoms with Gasteiger partial charge in [-0.15, -0.1) is 0 Å². The van der Waals surface area contributed by atoms with Crippen LogP contribution in [0.5, 0.6) is 0 Å². The molecule has 0 atom stereocenters. The van der Waals surface area contributed by atoms with E-state index in [-0.39, 0.29) is 30.8 Å². The molecule has 0 aliphatic rings. The molecule has 6 heteroatoms. The topological polar surface area (TPSA) is 64.8 Å². The molecule has 4 aromatic rings. The molecule has 0 saturated carbocycles. The number of carbonyl (C=O) groups excluding carboxylic acids is 2. The van der Waals surface area contributed by atoms with E-state index in [4.69, 9.17) is 11.6 Å². The predicted molar refractivity (Wildman–Crippen MR) is 124 cm³/mol. The zero-order valence-corrected chi connectivity index (χ0v) is 18.4. The lowest BCUT2D eigenvalue weighted by Gasteiger charge is -2.06. The van der Waals surface area contributed by atoms with Gasteiger partial charge in [0.15, 0.2) is 5.78 Å². The molecule has 0 bridgehead atoms. The van der Waals surface area contributed by atoms with Crippen LogP contribution in [0.25, 0.3) is 5.69 Å². The zero-order chi connectivity index (χ0) is 22.5. The lowest BCUT2D eigenvalue weighted by Crippen LogP contribution is -2.06. The molecule has 0 fully saturated rings. The number of Topliss-reactive ketones (excluding diaryl/α,β-unsaturated/α-hetero) is 2. The minimum absolute atomic E-state index is 0.0137. The molecule has 2 aromatic carbocycles. The van der Waals surface area contributed by atoms with Gasteiger partial charge in [0, 0.05) is 47.9 Å². The first kappa shape index (κ1) is 21.7. The summed E-state index contributed by atoms with van der Waals surface area (Å²) in [6.45, 7) is 1.91. The van der Waals surface area contributed by atoms with Gasteiger partial charge < -0.3 is 0 Å². The molecule has 32 heavy (non-hydrogen) atoms. The summed E-state index contributed by atoms with van der Waals surface area (Å²) >= 11 is 6.15. The summed E-state index contributed by atoms with van der Waals surface area (Å²) in [5, 5.41) is 4.97. The monoisotopic (exact) mass is 443 g/mol. The molecule has 5 nitrogen and oxygen atoms in total. The molecule has 0 radical (unpaired) electrons. The Kier molecular flexibility index (Phi) is 6.57. The Bertz CT molecular complexity index is 1260. The Morgan fingerprint density at radius 2 is 1.75 bits per heavy atom. The van der Waals surface area contributed by atoms with Crippen molar-refractivity contribution in [3.05, 3.63) is 112 Å². The molecule has 0 unspecified atom stereocenters. The van der Waals surface area contributed by atoms with Crippen LogP contribution in [0.1, 0.15) is 32.7 Å². The number of hydrogen-bond donors (Lipinski definition) is 0. The van der Waals surface area contributed by atoms with Crippen molar-refractivity contribution in [3.8, 4) is 5.69 Å². The van der Waals surface area contributed by atoms with Crippen molar-refractivity contribution in [2.24, 2.45) is 0 Å². The van der Waals surface area contributed by atoms with E-state index < -0.39 is 0 Å². The summed E-state index contributed by atoms with van der Waals surface area (Å²) in [6.07, 6.45) is 6.07. The predicted octanol–water partition coefficient (Wildman–Crippen LogP) is 5.01. The van der Waals surface area contributed by atoms with Crippen molar-refractivity contribution in [3.63, 3.8) is 0 Å². The van der Waals surface area contributed by atoms with E-state index in [0.29, 0.717) is 10.6 Å².